The molecule has 9 heteroatoms. The van der Waals surface area contributed by atoms with Crippen LogP contribution in [0.15, 0.2) is 42.7 Å². The summed E-state index contributed by atoms with van der Waals surface area (Å²) in [5.74, 6) is 1.38. The van der Waals surface area contributed by atoms with Gasteiger partial charge in [-0.25, -0.2) is 18.4 Å². The van der Waals surface area contributed by atoms with E-state index in [1.165, 1.54) is 0 Å². The number of aromatic nitrogens is 4. The van der Waals surface area contributed by atoms with E-state index in [9.17, 15) is 8.42 Å². The van der Waals surface area contributed by atoms with Crippen molar-refractivity contribution in [2.45, 2.75) is 37.6 Å². The Morgan fingerprint density at radius 3 is 2.67 bits per heavy atom. The lowest BCUT2D eigenvalue weighted by Gasteiger charge is -2.29. The number of nitrogens with zero attached hydrogens (tertiary/aromatic N) is 5. The summed E-state index contributed by atoms with van der Waals surface area (Å²) in [6.45, 7) is 0.724. The molecule has 156 valence electrons. The molecule has 30 heavy (non-hydrogen) atoms. The SMILES string of the molecule is Cn1cc(-c2nc3c(c(NC4CC4)n2)CN(S(=O)(=O)Cc2ccccc2)CC3)cn1. The van der Waals surface area contributed by atoms with Gasteiger partial charge < -0.3 is 5.32 Å². The second-order valence-electron chi connectivity index (χ2n) is 7.97. The Morgan fingerprint density at radius 1 is 1.17 bits per heavy atom. The number of aryl methyl sites for hydroxylation is 1. The molecule has 1 aromatic carbocycles. The van der Waals surface area contributed by atoms with E-state index in [0.29, 0.717) is 31.4 Å². The average molecular weight is 425 g/mol. The van der Waals surface area contributed by atoms with Crippen LogP contribution in [0.5, 0.6) is 0 Å². The van der Waals surface area contributed by atoms with Gasteiger partial charge in [0.15, 0.2) is 5.82 Å². The minimum atomic E-state index is -3.43. The van der Waals surface area contributed by atoms with Gasteiger partial charge in [-0.3, -0.25) is 4.68 Å². The van der Waals surface area contributed by atoms with Crippen LogP contribution in [-0.4, -0.2) is 45.1 Å². The Bertz CT molecular complexity index is 1170. The Labute approximate surface area is 176 Å². The minimum absolute atomic E-state index is 0.00316. The number of nitrogens with one attached hydrogen (secondary N) is 1. The van der Waals surface area contributed by atoms with Crippen molar-refractivity contribution in [3.8, 4) is 11.4 Å². The van der Waals surface area contributed by atoms with Crippen molar-refractivity contribution in [2.75, 3.05) is 11.9 Å². The van der Waals surface area contributed by atoms with E-state index >= 15 is 0 Å². The van der Waals surface area contributed by atoms with E-state index in [1.807, 2.05) is 43.6 Å². The van der Waals surface area contributed by atoms with Gasteiger partial charge in [0.2, 0.25) is 10.0 Å². The minimum Gasteiger partial charge on any atom is -0.367 e. The monoisotopic (exact) mass is 424 g/mol. The molecule has 5 rings (SSSR count). The van der Waals surface area contributed by atoms with Crippen molar-refractivity contribution in [3.05, 3.63) is 59.5 Å². The maximum absolute atomic E-state index is 13.1. The highest BCUT2D eigenvalue weighted by Gasteiger charge is 2.32. The van der Waals surface area contributed by atoms with Crippen molar-refractivity contribution in [3.63, 3.8) is 0 Å². The van der Waals surface area contributed by atoms with Gasteiger partial charge in [0.1, 0.15) is 5.82 Å². The summed E-state index contributed by atoms with van der Waals surface area (Å²) >= 11 is 0. The summed E-state index contributed by atoms with van der Waals surface area (Å²) in [7, 11) is -1.57. The molecular formula is C21H24N6O2S. The Balaban J connectivity index is 1.46. The number of rotatable bonds is 6. The summed E-state index contributed by atoms with van der Waals surface area (Å²) in [5, 5.41) is 7.70. The second-order valence-corrected chi connectivity index (χ2v) is 9.94. The molecule has 0 amide bonds. The van der Waals surface area contributed by atoms with E-state index < -0.39 is 10.0 Å². The predicted molar refractivity (Wildman–Crippen MR) is 114 cm³/mol. The number of benzene rings is 1. The predicted octanol–water partition coefficient (Wildman–Crippen LogP) is 2.34. The molecule has 1 N–H and O–H groups in total. The molecule has 1 saturated carbocycles. The molecule has 0 atom stereocenters. The van der Waals surface area contributed by atoms with Gasteiger partial charge in [-0.1, -0.05) is 30.3 Å². The Hall–Kier alpha value is -2.78. The Morgan fingerprint density at radius 2 is 1.97 bits per heavy atom. The number of anilines is 1. The molecule has 8 nitrogen and oxygen atoms in total. The second kappa shape index (κ2) is 7.48. The van der Waals surface area contributed by atoms with Crippen LogP contribution < -0.4 is 5.32 Å². The topological polar surface area (TPSA) is 93.0 Å². The normalized spacial score (nSPS) is 17.0. The highest BCUT2D eigenvalue weighted by molar-refractivity contribution is 7.88. The number of hydrogen-bond acceptors (Lipinski definition) is 6. The molecule has 0 bridgehead atoms. The summed E-state index contributed by atoms with van der Waals surface area (Å²) < 4.78 is 29.4. The lowest BCUT2D eigenvalue weighted by Crippen LogP contribution is -2.37. The molecule has 0 unspecified atom stereocenters. The quantitative estimate of drug-likeness (QED) is 0.653. The first-order chi connectivity index (χ1) is 14.5. The molecule has 0 spiro atoms. The van der Waals surface area contributed by atoms with Gasteiger partial charge in [-0.05, 0) is 18.4 Å². The zero-order valence-corrected chi connectivity index (χ0v) is 17.6. The van der Waals surface area contributed by atoms with Crippen molar-refractivity contribution < 1.29 is 8.42 Å². The van der Waals surface area contributed by atoms with E-state index in [-0.39, 0.29) is 5.75 Å². The fraction of sp³-hybridized carbons (Fsp3) is 0.381. The van der Waals surface area contributed by atoms with Gasteiger partial charge in [-0.15, -0.1) is 0 Å². The summed E-state index contributed by atoms with van der Waals surface area (Å²) in [5.41, 5.74) is 3.46. The third kappa shape index (κ3) is 3.95. The Kier molecular flexibility index (Phi) is 4.79. The highest BCUT2D eigenvalue weighted by Crippen LogP contribution is 2.32. The van der Waals surface area contributed by atoms with Crippen LogP contribution in [0, 0.1) is 0 Å². The first kappa shape index (κ1) is 19.2. The first-order valence-corrected chi connectivity index (χ1v) is 11.8. The molecule has 1 fully saturated rings. The summed E-state index contributed by atoms with van der Waals surface area (Å²) in [6, 6.07) is 9.71. The maximum atomic E-state index is 13.1. The van der Waals surface area contributed by atoms with Crippen LogP contribution in [0.2, 0.25) is 0 Å². The third-order valence-corrected chi connectivity index (χ3v) is 7.29. The zero-order chi connectivity index (χ0) is 20.7. The molecule has 2 aliphatic rings. The molecule has 3 aromatic rings. The molecule has 1 aliphatic carbocycles. The van der Waals surface area contributed by atoms with E-state index in [0.717, 1.165) is 41.0 Å². The number of fused-ring (bicyclic) bond motifs is 1. The highest BCUT2D eigenvalue weighted by atomic mass is 32.2. The standard InChI is InChI=1S/C21H24N6O2S/c1-26-12-16(11-22-26)20-24-19-9-10-27(13-18(19)21(25-20)23-17-7-8-17)30(28,29)14-15-5-3-2-4-6-15/h2-6,11-12,17H,7-10,13-14H2,1H3,(H,23,24,25). The number of sulfonamides is 1. The van der Waals surface area contributed by atoms with E-state index in [4.69, 9.17) is 9.97 Å². The molecule has 3 heterocycles. The van der Waals surface area contributed by atoms with Crippen LogP contribution in [-0.2, 0) is 35.8 Å². The summed E-state index contributed by atoms with van der Waals surface area (Å²) in [6.07, 6.45) is 6.43. The first-order valence-electron chi connectivity index (χ1n) is 10.1. The van der Waals surface area contributed by atoms with Crippen molar-refractivity contribution >= 4 is 15.8 Å². The largest absolute Gasteiger partial charge is 0.367 e. The van der Waals surface area contributed by atoms with Crippen molar-refractivity contribution in [2.24, 2.45) is 7.05 Å². The molecule has 2 aromatic heterocycles. The average Bonchev–Trinajstić information content (AvgIpc) is 3.45. The van der Waals surface area contributed by atoms with Crippen LogP contribution in [0.4, 0.5) is 5.82 Å². The van der Waals surface area contributed by atoms with Crippen LogP contribution in [0.25, 0.3) is 11.4 Å². The van der Waals surface area contributed by atoms with Gasteiger partial charge in [-0.2, -0.15) is 9.40 Å². The number of hydrogen-bond donors (Lipinski definition) is 1. The van der Waals surface area contributed by atoms with Crippen molar-refractivity contribution in [1.29, 1.82) is 0 Å². The fourth-order valence-corrected chi connectivity index (χ4v) is 5.20. The van der Waals surface area contributed by atoms with E-state index in [1.54, 1.807) is 15.2 Å². The zero-order valence-electron chi connectivity index (χ0n) is 16.8. The molecule has 0 saturated heterocycles. The fourth-order valence-electron chi connectivity index (χ4n) is 3.71. The third-order valence-electron chi connectivity index (χ3n) is 5.49. The van der Waals surface area contributed by atoms with Gasteiger partial charge in [0.25, 0.3) is 0 Å². The van der Waals surface area contributed by atoms with Gasteiger partial charge in [0.05, 0.1) is 23.2 Å². The van der Waals surface area contributed by atoms with Gasteiger partial charge in [0, 0.05) is 44.4 Å². The van der Waals surface area contributed by atoms with E-state index in [2.05, 4.69) is 10.4 Å². The lowest BCUT2D eigenvalue weighted by molar-refractivity contribution is 0.387. The van der Waals surface area contributed by atoms with Gasteiger partial charge >= 0.3 is 0 Å². The summed E-state index contributed by atoms with van der Waals surface area (Å²) in [4.78, 5) is 9.51. The van der Waals surface area contributed by atoms with Crippen LogP contribution >= 0.6 is 0 Å². The molecular weight excluding hydrogens is 400 g/mol. The molecule has 0 radical (unpaired) electrons. The molecule has 1 aliphatic heterocycles. The maximum Gasteiger partial charge on any atom is 0.218 e. The van der Waals surface area contributed by atoms with Crippen LogP contribution in [0.3, 0.4) is 0 Å². The lowest BCUT2D eigenvalue weighted by atomic mass is 10.1. The van der Waals surface area contributed by atoms with Crippen LogP contribution in [0.1, 0.15) is 29.7 Å². The van der Waals surface area contributed by atoms with Crippen molar-refractivity contribution in [1.82, 2.24) is 24.1 Å². The smallest absolute Gasteiger partial charge is 0.218 e.